The van der Waals surface area contributed by atoms with Crippen molar-refractivity contribution in [3.8, 4) is 12.1 Å². The minimum atomic E-state index is -1.75. The quantitative estimate of drug-likeness (QED) is 0.775. The first-order valence-electron chi connectivity index (χ1n) is 10.0. The number of carbonyl (C=O) groups excluding carboxylic acids is 1. The van der Waals surface area contributed by atoms with Crippen LogP contribution < -0.4 is 5.73 Å². The van der Waals surface area contributed by atoms with Crippen LogP contribution in [0.2, 0.25) is 0 Å². The van der Waals surface area contributed by atoms with Crippen LogP contribution in [0.4, 0.5) is 0 Å². The molecule has 3 rings (SSSR count). The summed E-state index contributed by atoms with van der Waals surface area (Å²) in [6.45, 7) is 8.29. The molecule has 1 aromatic carbocycles. The molecule has 0 fully saturated rings. The molecular weight excluding hydrogens is 362 g/mol. The van der Waals surface area contributed by atoms with Crippen molar-refractivity contribution in [2.45, 2.75) is 46.5 Å². The second-order valence-corrected chi connectivity index (χ2v) is 8.76. The van der Waals surface area contributed by atoms with Crippen LogP contribution >= 0.6 is 0 Å². The van der Waals surface area contributed by atoms with Gasteiger partial charge in [0.25, 0.3) is 0 Å². The lowest BCUT2D eigenvalue weighted by atomic mass is 9.55. The molecule has 0 unspecified atom stereocenters. The minimum absolute atomic E-state index is 0.00155. The molecule has 0 aliphatic heterocycles. The molecule has 0 aromatic heterocycles. The Morgan fingerprint density at radius 3 is 2.48 bits per heavy atom. The Kier molecular flexibility index (Phi) is 5.28. The van der Waals surface area contributed by atoms with Gasteiger partial charge in [-0.25, -0.2) is 4.79 Å². The Bertz CT molecular complexity index is 976. The van der Waals surface area contributed by atoms with E-state index in [1.807, 2.05) is 30.3 Å². The molecule has 5 heteroatoms. The number of ether oxygens (including phenoxy) is 1. The van der Waals surface area contributed by atoms with E-state index in [1.165, 1.54) is 0 Å². The number of hydrogen-bond acceptors (Lipinski definition) is 5. The summed E-state index contributed by atoms with van der Waals surface area (Å²) < 4.78 is 5.34. The normalized spacial score (nSPS) is 28.2. The first-order chi connectivity index (χ1) is 13.7. The van der Waals surface area contributed by atoms with Crippen molar-refractivity contribution in [2.75, 3.05) is 6.61 Å². The summed E-state index contributed by atoms with van der Waals surface area (Å²) in [7, 11) is 0. The molecule has 0 saturated carbocycles. The van der Waals surface area contributed by atoms with E-state index in [2.05, 4.69) is 32.9 Å². The predicted molar refractivity (Wildman–Crippen MR) is 110 cm³/mol. The van der Waals surface area contributed by atoms with E-state index in [4.69, 9.17) is 10.5 Å². The Hall–Kier alpha value is -3.05. The van der Waals surface area contributed by atoms with Gasteiger partial charge < -0.3 is 10.5 Å². The van der Waals surface area contributed by atoms with Crippen LogP contribution in [-0.4, -0.2) is 12.6 Å². The number of rotatable bonds is 3. The third-order valence-electron chi connectivity index (χ3n) is 6.15. The number of benzene rings is 1. The van der Waals surface area contributed by atoms with E-state index in [-0.39, 0.29) is 29.2 Å². The standard InChI is InChI=1S/C24H27N3O2/c1-5-29-22(28)24(14-26)20(16-9-7-6-8-10-16)19-15(2)11-23(3,4)12-17(19)18(13-25)21(24)27/h6-10,15,20H,5,11-12,27H2,1-4H3/t15-,20-,24-/m0/s1. The lowest BCUT2D eigenvalue weighted by molar-refractivity contribution is -0.151. The van der Waals surface area contributed by atoms with Gasteiger partial charge in [-0.2, -0.15) is 10.5 Å². The third kappa shape index (κ3) is 3.12. The fraction of sp³-hybridized carbons (Fsp3) is 0.458. The zero-order valence-electron chi connectivity index (χ0n) is 17.5. The van der Waals surface area contributed by atoms with Gasteiger partial charge in [0, 0.05) is 5.92 Å². The van der Waals surface area contributed by atoms with Crippen LogP contribution in [0.15, 0.2) is 52.7 Å². The lowest BCUT2D eigenvalue weighted by Crippen LogP contribution is -2.48. The Balaban J connectivity index is 2.40. The fourth-order valence-corrected chi connectivity index (χ4v) is 5.17. The SMILES string of the molecule is CCOC(=O)[C@]1(C#N)C(N)=C(C#N)C2=C([C@@H]1c1ccccc1)[C@@H](C)CC(C)(C)C2. The van der Waals surface area contributed by atoms with E-state index in [9.17, 15) is 15.3 Å². The number of nitrogens with two attached hydrogens (primary N) is 1. The zero-order valence-corrected chi connectivity index (χ0v) is 17.5. The van der Waals surface area contributed by atoms with Crippen molar-refractivity contribution in [2.24, 2.45) is 22.5 Å². The van der Waals surface area contributed by atoms with Gasteiger partial charge in [0.1, 0.15) is 6.07 Å². The number of nitrogens with zero attached hydrogens (tertiary/aromatic N) is 2. The molecule has 2 aliphatic carbocycles. The van der Waals surface area contributed by atoms with Crippen LogP contribution in [-0.2, 0) is 9.53 Å². The van der Waals surface area contributed by atoms with Crippen molar-refractivity contribution in [3.63, 3.8) is 0 Å². The summed E-state index contributed by atoms with van der Waals surface area (Å²) in [5.41, 5.74) is 7.69. The van der Waals surface area contributed by atoms with Gasteiger partial charge in [-0.1, -0.05) is 56.7 Å². The largest absolute Gasteiger partial charge is 0.464 e. The molecule has 0 bridgehead atoms. The van der Waals surface area contributed by atoms with Crippen molar-refractivity contribution in [1.29, 1.82) is 10.5 Å². The van der Waals surface area contributed by atoms with Crippen LogP contribution in [0, 0.1) is 39.4 Å². The summed E-state index contributed by atoms with van der Waals surface area (Å²) in [5, 5.41) is 20.3. The van der Waals surface area contributed by atoms with E-state index >= 15 is 0 Å². The molecular formula is C24H27N3O2. The Morgan fingerprint density at radius 2 is 1.93 bits per heavy atom. The minimum Gasteiger partial charge on any atom is -0.464 e. The predicted octanol–water partition coefficient (Wildman–Crippen LogP) is 4.35. The van der Waals surface area contributed by atoms with E-state index in [1.54, 1.807) is 6.92 Å². The summed E-state index contributed by atoms with van der Waals surface area (Å²) in [4.78, 5) is 13.2. The summed E-state index contributed by atoms with van der Waals surface area (Å²) in [6, 6.07) is 13.9. The number of allylic oxidation sites excluding steroid dienone is 3. The van der Waals surface area contributed by atoms with Gasteiger partial charge in [-0.3, -0.25) is 0 Å². The first-order valence-corrected chi connectivity index (χ1v) is 10.0. The maximum atomic E-state index is 13.2. The van der Waals surface area contributed by atoms with Crippen molar-refractivity contribution in [1.82, 2.24) is 0 Å². The molecule has 1 aromatic rings. The number of esters is 1. The molecule has 0 heterocycles. The summed E-state index contributed by atoms with van der Waals surface area (Å²) in [6.07, 6.45) is 1.59. The molecule has 0 amide bonds. The van der Waals surface area contributed by atoms with E-state index in [0.717, 1.165) is 23.1 Å². The Morgan fingerprint density at radius 1 is 1.28 bits per heavy atom. The van der Waals surface area contributed by atoms with Crippen LogP contribution in [0.25, 0.3) is 0 Å². The topological polar surface area (TPSA) is 99.9 Å². The van der Waals surface area contributed by atoms with Crippen molar-refractivity contribution < 1.29 is 9.53 Å². The second kappa shape index (κ2) is 7.41. The molecule has 2 aliphatic rings. The maximum absolute atomic E-state index is 13.2. The molecule has 0 saturated heterocycles. The molecule has 0 radical (unpaired) electrons. The molecule has 3 atom stereocenters. The lowest BCUT2D eigenvalue weighted by Gasteiger charge is -2.47. The van der Waals surface area contributed by atoms with Crippen LogP contribution in [0.3, 0.4) is 0 Å². The average Bonchev–Trinajstić information content (AvgIpc) is 2.67. The highest BCUT2D eigenvalue weighted by Gasteiger charge is 2.58. The number of nitriles is 2. The molecule has 5 nitrogen and oxygen atoms in total. The van der Waals surface area contributed by atoms with Crippen LogP contribution in [0.5, 0.6) is 0 Å². The smallest absolute Gasteiger partial charge is 0.333 e. The number of carbonyl (C=O) groups is 1. The highest BCUT2D eigenvalue weighted by molar-refractivity contribution is 5.88. The van der Waals surface area contributed by atoms with E-state index < -0.39 is 17.3 Å². The van der Waals surface area contributed by atoms with E-state index in [0.29, 0.717) is 6.42 Å². The first kappa shape index (κ1) is 20.7. The second-order valence-electron chi connectivity index (χ2n) is 8.76. The zero-order chi connectivity index (χ0) is 21.4. The fourth-order valence-electron chi connectivity index (χ4n) is 5.17. The van der Waals surface area contributed by atoms with Crippen molar-refractivity contribution >= 4 is 5.97 Å². The van der Waals surface area contributed by atoms with Crippen molar-refractivity contribution in [3.05, 3.63) is 58.3 Å². The Labute approximate surface area is 172 Å². The molecule has 150 valence electrons. The summed E-state index contributed by atoms with van der Waals surface area (Å²) >= 11 is 0. The van der Waals surface area contributed by atoms with Gasteiger partial charge >= 0.3 is 5.97 Å². The van der Waals surface area contributed by atoms with Gasteiger partial charge in [0.15, 0.2) is 0 Å². The van der Waals surface area contributed by atoms with Gasteiger partial charge in [-0.15, -0.1) is 0 Å². The molecule has 0 spiro atoms. The monoisotopic (exact) mass is 389 g/mol. The van der Waals surface area contributed by atoms with Gasteiger partial charge in [0.2, 0.25) is 5.41 Å². The molecule has 2 N–H and O–H groups in total. The van der Waals surface area contributed by atoms with Crippen LogP contribution in [0.1, 0.15) is 52.0 Å². The molecule has 29 heavy (non-hydrogen) atoms. The summed E-state index contributed by atoms with van der Waals surface area (Å²) in [5.74, 6) is -1.17. The number of hydrogen-bond donors (Lipinski definition) is 1. The average molecular weight is 389 g/mol. The highest BCUT2D eigenvalue weighted by Crippen LogP contribution is 2.58. The third-order valence-corrected chi connectivity index (χ3v) is 6.15. The van der Waals surface area contributed by atoms with Gasteiger partial charge in [0.05, 0.1) is 23.9 Å². The highest BCUT2D eigenvalue weighted by atomic mass is 16.5. The van der Waals surface area contributed by atoms with Gasteiger partial charge in [-0.05, 0) is 42.2 Å². The maximum Gasteiger partial charge on any atom is 0.333 e.